The fraction of sp³-hybridized carbons (Fsp3) is 0. The van der Waals surface area contributed by atoms with E-state index in [4.69, 9.17) is 10.0 Å². The van der Waals surface area contributed by atoms with Crippen LogP contribution in [0.2, 0.25) is 0 Å². The zero-order valence-electron chi connectivity index (χ0n) is 3.31. The quantitative estimate of drug-likeness (QED) is 0.241. The molecular weight excluding hydrogens is 114 g/mol. The molecule has 0 bridgehead atoms. The summed E-state index contributed by atoms with van der Waals surface area (Å²) in [5, 5.41) is 16.5. The molecule has 0 fully saturated rings. The van der Waals surface area contributed by atoms with Crippen LogP contribution >= 0.6 is 9.90 Å². The molecule has 6 heavy (non-hydrogen) atoms. The van der Waals surface area contributed by atoms with E-state index in [1.807, 2.05) is 0 Å². The summed E-state index contributed by atoms with van der Waals surface area (Å²) in [4.78, 5) is 0. The third-order valence-corrected chi connectivity index (χ3v) is 0. The van der Waals surface area contributed by atoms with E-state index in [0.717, 1.165) is 0 Å². The maximum Gasteiger partial charge on any atom is 2.00 e. The first kappa shape index (κ1) is 27.3. The van der Waals surface area contributed by atoms with Gasteiger partial charge in [0.1, 0.15) is 0 Å². The van der Waals surface area contributed by atoms with Crippen molar-refractivity contribution in [2.24, 2.45) is 0 Å². The van der Waals surface area contributed by atoms with E-state index in [-0.39, 0.29) is 38.4 Å². The Morgan fingerprint density at radius 2 is 1.17 bits per heavy atom. The summed E-state index contributed by atoms with van der Waals surface area (Å²) in [7, 11) is -0.500. The van der Waals surface area contributed by atoms with E-state index in [1.54, 1.807) is 0 Å². The number of hydrogen-bond donors (Lipinski definition) is 0. The molecule has 0 saturated carbocycles. The minimum atomic E-state index is -0.500. The third kappa shape index (κ3) is 67.7. The molecule has 0 rings (SSSR count). The minimum absolute atomic E-state index is 0. The van der Waals surface area contributed by atoms with Gasteiger partial charge in [0, 0.05) is 0 Å². The van der Waals surface area contributed by atoms with E-state index < -0.39 is 7.69 Å². The van der Waals surface area contributed by atoms with Crippen molar-refractivity contribution >= 4 is 40.6 Å². The summed E-state index contributed by atoms with van der Waals surface area (Å²) < 4.78 is 0. The Morgan fingerprint density at radius 1 is 1.17 bits per heavy atom. The monoisotopic (exact) mass is 119 g/mol. The predicted molar refractivity (Wildman–Crippen MR) is 26.2 cm³/mol. The average Bonchev–Trinajstić information content (AvgIpc) is 0.918. The van der Waals surface area contributed by atoms with Gasteiger partial charge in [0.05, 0.1) is 0 Å². The van der Waals surface area contributed by atoms with Crippen molar-refractivity contribution in [3.05, 3.63) is 0 Å². The van der Waals surface area contributed by atoms with Crippen molar-refractivity contribution in [2.45, 2.75) is 0 Å². The molecule has 1 unspecified atom stereocenters. The van der Waals surface area contributed by atoms with Crippen LogP contribution < -0.4 is 10.0 Å². The van der Waals surface area contributed by atoms with Crippen LogP contribution in [0, 0.1) is 0 Å². The fourth-order valence-corrected chi connectivity index (χ4v) is 0. The van der Waals surface area contributed by atoms with Gasteiger partial charge in [0.2, 0.25) is 0 Å². The zero-order valence-corrected chi connectivity index (χ0v) is 6.14. The van der Waals surface area contributed by atoms with Crippen molar-refractivity contribution in [1.82, 2.24) is 0 Å². The van der Waals surface area contributed by atoms with Crippen molar-refractivity contribution in [2.75, 3.05) is 0 Å². The predicted octanol–water partition coefficient (Wildman–Crippen LogP) is -3.91. The van der Waals surface area contributed by atoms with Gasteiger partial charge in [0.15, 0.2) is 0 Å². The summed E-state index contributed by atoms with van der Waals surface area (Å²) in [6, 6.07) is 0. The Hall–Kier alpha value is 1.14. The van der Waals surface area contributed by atoms with Crippen LogP contribution in [0.3, 0.4) is 0 Å². The van der Waals surface area contributed by atoms with Gasteiger partial charge < -0.3 is 15.5 Å². The van der Waals surface area contributed by atoms with E-state index in [2.05, 4.69) is 0 Å². The summed E-state index contributed by atoms with van der Waals surface area (Å²) in [5.41, 5.74) is 0. The summed E-state index contributed by atoms with van der Waals surface area (Å²) in [6.45, 7) is 0. The largest absolute Gasteiger partial charge is 2.00 e. The van der Waals surface area contributed by atoms with Crippen LogP contribution in [-0.2, 0) is 0 Å². The maximum absolute atomic E-state index is 8.25. The first-order chi connectivity index (χ1) is 1.41. The normalized spacial score (nSPS) is 2.33. The molecule has 0 aliphatic rings. The van der Waals surface area contributed by atoms with E-state index in [9.17, 15) is 0 Å². The SMILES string of the molecule is O.P.[Mg+2].[O-][B][O-]. The molecule has 33 valence electrons. The molecule has 0 aromatic rings. The van der Waals surface area contributed by atoms with Gasteiger partial charge in [-0.2, -0.15) is 9.90 Å². The molecule has 0 aromatic carbocycles. The molecule has 1 atom stereocenters. The van der Waals surface area contributed by atoms with Crippen molar-refractivity contribution in [1.29, 1.82) is 0 Å². The van der Waals surface area contributed by atoms with E-state index in [0.29, 0.717) is 0 Å². The molecule has 0 spiro atoms. The van der Waals surface area contributed by atoms with Gasteiger partial charge >= 0.3 is 23.1 Å². The van der Waals surface area contributed by atoms with Crippen LogP contribution in [-0.4, -0.2) is 36.2 Å². The van der Waals surface area contributed by atoms with Gasteiger partial charge in [-0.3, -0.25) is 0 Å². The first-order valence-corrected chi connectivity index (χ1v) is 0.471. The van der Waals surface area contributed by atoms with E-state index >= 15 is 0 Å². The first-order valence-electron chi connectivity index (χ1n) is 0.471. The van der Waals surface area contributed by atoms with Crippen molar-refractivity contribution < 1.29 is 15.5 Å². The van der Waals surface area contributed by atoms with Crippen LogP contribution in [0.5, 0.6) is 0 Å². The van der Waals surface area contributed by atoms with Gasteiger partial charge in [-0.05, 0) is 0 Å². The van der Waals surface area contributed by atoms with E-state index in [1.165, 1.54) is 0 Å². The second kappa shape index (κ2) is 35.4. The Morgan fingerprint density at radius 3 is 1.17 bits per heavy atom. The Bertz CT molecular complexity index is 10.8. The molecule has 1 radical (unpaired) electrons. The molecule has 0 saturated heterocycles. The average molecular weight is 119 g/mol. The van der Waals surface area contributed by atoms with Gasteiger partial charge in [-0.25, -0.2) is 7.69 Å². The van der Waals surface area contributed by atoms with Crippen LogP contribution in [0.1, 0.15) is 0 Å². The number of rotatable bonds is 0. The molecule has 0 aliphatic carbocycles. The fourth-order valence-electron chi connectivity index (χ4n) is 0. The Balaban J connectivity index is -0.00000000667. The third-order valence-electron chi connectivity index (χ3n) is 0. The Kier molecular flexibility index (Phi) is 161. The molecule has 0 aliphatic heterocycles. The van der Waals surface area contributed by atoms with Gasteiger partial charge in [-0.1, -0.05) is 0 Å². The summed E-state index contributed by atoms with van der Waals surface area (Å²) >= 11 is 0. The molecule has 2 N–H and O–H groups in total. The van der Waals surface area contributed by atoms with Gasteiger partial charge in [0.25, 0.3) is 0 Å². The second-order valence-electron chi connectivity index (χ2n) is 0.0962. The topological polar surface area (TPSA) is 77.6 Å². The molecule has 0 amide bonds. The van der Waals surface area contributed by atoms with Crippen LogP contribution in [0.4, 0.5) is 0 Å². The number of hydrogen-bond acceptors (Lipinski definition) is 2. The molecule has 6 heteroatoms. The maximum atomic E-state index is 8.25. The van der Waals surface area contributed by atoms with Crippen molar-refractivity contribution in [3.63, 3.8) is 0 Å². The van der Waals surface area contributed by atoms with Crippen molar-refractivity contribution in [3.8, 4) is 0 Å². The Labute approximate surface area is 56.5 Å². The smallest absolute Gasteiger partial charge is 0.900 e. The molecule has 3 nitrogen and oxygen atoms in total. The standard InChI is InChI=1S/BO2.Mg.H2O.H3P/c2-1-3;;;/h;;1H2;1H3/q-2;+2;;. The molecular formula is H5BMgO3P. The van der Waals surface area contributed by atoms with Crippen LogP contribution in [0.25, 0.3) is 0 Å². The molecule has 0 heterocycles. The van der Waals surface area contributed by atoms with Crippen LogP contribution in [0.15, 0.2) is 0 Å². The second-order valence-corrected chi connectivity index (χ2v) is 0.0962. The summed E-state index contributed by atoms with van der Waals surface area (Å²) in [6.07, 6.45) is 0. The minimum Gasteiger partial charge on any atom is -0.900 e. The molecule has 0 aromatic heterocycles. The van der Waals surface area contributed by atoms with Gasteiger partial charge in [-0.15, -0.1) is 0 Å². The zero-order chi connectivity index (χ0) is 2.71. The summed E-state index contributed by atoms with van der Waals surface area (Å²) in [5.74, 6) is 0.